The first-order chi connectivity index (χ1) is 19.7. The first-order valence-electron chi connectivity index (χ1n) is 14.3. The summed E-state index contributed by atoms with van der Waals surface area (Å²) < 4.78 is 12.5. The number of ether oxygens (including phenoxy) is 2. The molecule has 0 radical (unpaired) electrons. The van der Waals surface area contributed by atoms with Crippen molar-refractivity contribution < 1.29 is 24.0 Å². The van der Waals surface area contributed by atoms with Crippen molar-refractivity contribution in [2.24, 2.45) is 10.8 Å². The number of Topliss-reactive ketones (excluding diaryl/α,β-unsaturated/α-hetero) is 2. The van der Waals surface area contributed by atoms with Crippen LogP contribution >= 0.6 is 15.9 Å². The van der Waals surface area contributed by atoms with Crippen LogP contribution in [0.3, 0.4) is 0 Å². The SMILES string of the molecule is CCN1C2=C(C(=O)CC(C)(C)C2)C(c2cc(Br)c(OCc3cccc([N+](=O)[O-])c3)c(OC)c2)C2=C1CC(C)(C)CC2=O. The number of carbonyl (C=O) groups is 2. The van der Waals surface area contributed by atoms with Crippen molar-refractivity contribution >= 4 is 33.2 Å². The second-order valence-corrected chi connectivity index (χ2v) is 13.9. The van der Waals surface area contributed by atoms with Crippen LogP contribution in [0.4, 0.5) is 5.69 Å². The van der Waals surface area contributed by atoms with Crippen molar-refractivity contribution in [1.82, 2.24) is 4.90 Å². The Balaban J connectivity index is 1.62. The third kappa shape index (κ3) is 5.51. The van der Waals surface area contributed by atoms with Crippen LogP contribution in [-0.2, 0) is 16.2 Å². The highest BCUT2D eigenvalue weighted by Crippen LogP contribution is 2.55. The number of hydrogen-bond acceptors (Lipinski definition) is 7. The summed E-state index contributed by atoms with van der Waals surface area (Å²) in [6.07, 6.45) is 2.36. The minimum Gasteiger partial charge on any atom is -0.493 e. The van der Waals surface area contributed by atoms with Gasteiger partial charge in [0.2, 0.25) is 0 Å². The smallest absolute Gasteiger partial charge is 0.269 e. The number of hydrogen-bond donors (Lipinski definition) is 0. The fourth-order valence-corrected chi connectivity index (χ4v) is 7.30. The van der Waals surface area contributed by atoms with Gasteiger partial charge in [0, 0.05) is 60.0 Å². The van der Waals surface area contributed by atoms with Gasteiger partial charge in [-0.05, 0) is 69.8 Å². The molecule has 0 unspecified atom stereocenters. The predicted molar refractivity (Wildman–Crippen MR) is 163 cm³/mol. The van der Waals surface area contributed by atoms with E-state index in [2.05, 4.69) is 55.4 Å². The molecule has 0 saturated carbocycles. The van der Waals surface area contributed by atoms with Gasteiger partial charge in [0.15, 0.2) is 23.1 Å². The van der Waals surface area contributed by atoms with Crippen molar-refractivity contribution in [3.63, 3.8) is 0 Å². The Labute approximate surface area is 255 Å². The molecule has 0 saturated heterocycles. The first kappa shape index (κ1) is 30.0. The van der Waals surface area contributed by atoms with E-state index in [1.165, 1.54) is 12.1 Å². The summed E-state index contributed by atoms with van der Waals surface area (Å²) in [5.41, 5.74) is 4.53. The molecular formula is C33H37BrN2O6. The van der Waals surface area contributed by atoms with Crippen LogP contribution in [0.25, 0.3) is 0 Å². The number of allylic oxidation sites excluding steroid dienone is 4. The van der Waals surface area contributed by atoms with Gasteiger partial charge in [-0.25, -0.2) is 0 Å². The number of benzene rings is 2. The number of carbonyl (C=O) groups excluding carboxylic acids is 2. The van der Waals surface area contributed by atoms with Crippen molar-refractivity contribution in [2.75, 3.05) is 13.7 Å². The van der Waals surface area contributed by atoms with Gasteiger partial charge in [-0.15, -0.1) is 0 Å². The normalized spacial score (nSPS) is 19.9. The molecule has 1 aliphatic heterocycles. The highest BCUT2D eigenvalue weighted by atomic mass is 79.9. The summed E-state index contributed by atoms with van der Waals surface area (Å²) in [5, 5.41) is 11.2. The molecule has 2 aromatic carbocycles. The van der Waals surface area contributed by atoms with Crippen LogP contribution in [0.15, 0.2) is 63.4 Å². The lowest BCUT2D eigenvalue weighted by Crippen LogP contribution is -2.44. The van der Waals surface area contributed by atoms with Gasteiger partial charge in [-0.1, -0.05) is 39.8 Å². The second-order valence-electron chi connectivity index (χ2n) is 13.0. The molecule has 0 bridgehead atoms. The minimum absolute atomic E-state index is 0.00953. The summed E-state index contributed by atoms with van der Waals surface area (Å²) in [5.74, 6) is 0.541. The molecule has 1 heterocycles. The van der Waals surface area contributed by atoms with E-state index in [4.69, 9.17) is 9.47 Å². The minimum atomic E-state index is -0.499. The molecule has 0 amide bonds. The molecule has 0 atom stereocenters. The Hall–Kier alpha value is -3.46. The van der Waals surface area contributed by atoms with Crippen LogP contribution < -0.4 is 9.47 Å². The molecule has 3 aliphatic rings. The number of halogens is 1. The third-order valence-corrected chi connectivity index (χ3v) is 9.02. The lowest BCUT2D eigenvalue weighted by atomic mass is 9.63. The van der Waals surface area contributed by atoms with E-state index in [1.807, 2.05) is 12.1 Å². The zero-order chi connectivity index (χ0) is 30.6. The van der Waals surface area contributed by atoms with E-state index >= 15 is 0 Å². The predicted octanol–water partition coefficient (Wildman–Crippen LogP) is 7.65. The number of non-ortho nitro benzene ring substituents is 1. The van der Waals surface area contributed by atoms with E-state index in [0.29, 0.717) is 52.1 Å². The fraction of sp³-hybridized carbons (Fsp3) is 0.455. The molecule has 8 nitrogen and oxygen atoms in total. The Morgan fingerprint density at radius 3 is 2.10 bits per heavy atom. The van der Waals surface area contributed by atoms with E-state index in [0.717, 1.165) is 29.8 Å². The topological polar surface area (TPSA) is 99.0 Å². The Morgan fingerprint density at radius 2 is 1.57 bits per heavy atom. The number of nitrogens with zero attached hydrogens (tertiary/aromatic N) is 2. The summed E-state index contributed by atoms with van der Waals surface area (Å²) >= 11 is 3.66. The van der Waals surface area contributed by atoms with Crippen molar-refractivity contribution in [3.05, 3.63) is 84.7 Å². The molecule has 5 rings (SSSR count). The molecule has 42 heavy (non-hydrogen) atoms. The largest absolute Gasteiger partial charge is 0.493 e. The average Bonchev–Trinajstić information content (AvgIpc) is 2.89. The second kappa shape index (κ2) is 11.0. The van der Waals surface area contributed by atoms with Gasteiger partial charge in [0.05, 0.1) is 16.5 Å². The van der Waals surface area contributed by atoms with Gasteiger partial charge in [0.25, 0.3) is 5.69 Å². The lowest BCUT2D eigenvalue weighted by Gasteiger charge is -2.49. The summed E-state index contributed by atoms with van der Waals surface area (Å²) in [7, 11) is 1.55. The lowest BCUT2D eigenvalue weighted by molar-refractivity contribution is -0.384. The van der Waals surface area contributed by atoms with Gasteiger partial charge in [-0.2, -0.15) is 0 Å². The van der Waals surface area contributed by atoms with E-state index in [9.17, 15) is 19.7 Å². The number of methoxy groups -OCH3 is 1. The maximum Gasteiger partial charge on any atom is 0.269 e. The standard InChI is InChI=1S/C33H37BrN2O6/c1-7-35-23-14-32(2,3)16-25(37)29(23)28(30-24(35)15-33(4,5)17-26(30)38)20-12-22(34)31(27(13-20)41-6)42-18-19-9-8-10-21(11-19)36(39)40/h8-13,28H,7,14-18H2,1-6H3. The molecule has 0 aromatic heterocycles. The molecule has 2 aromatic rings. The monoisotopic (exact) mass is 636 g/mol. The highest BCUT2D eigenvalue weighted by Gasteiger charge is 2.48. The van der Waals surface area contributed by atoms with Crippen LogP contribution in [0.5, 0.6) is 11.5 Å². The summed E-state index contributed by atoms with van der Waals surface area (Å²) in [6.45, 7) is 11.4. The van der Waals surface area contributed by atoms with Crippen molar-refractivity contribution in [2.45, 2.75) is 72.8 Å². The van der Waals surface area contributed by atoms with Crippen LogP contribution in [0.2, 0.25) is 0 Å². The molecule has 2 aliphatic carbocycles. The zero-order valence-corrected chi connectivity index (χ0v) is 26.6. The molecule has 0 N–H and O–H groups in total. The van der Waals surface area contributed by atoms with E-state index in [1.54, 1.807) is 19.2 Å². The van der Waals surface area contributed by atoms with Crippen molar-refractivity contribution in [3.8, 4) is 11.5 Å². The Kier molecular flexibility index (Phi) is 7.85. The van der Waals surface area contributed by atoms with E-state index < -0.39 is 10.8 Å². The van der Waals surface area contributed by atoms with Gasteiger partial charge in [0.1, 0.15) is 6.61 Å². The quantitative estimate of drug-likeness (QED) is 0.227. The van der Waals surface area contributed by atoms with Crippen LogP contribution in [0.1, 0.15) is 77.3 Å². The molecule has 222 valence electrons. The van der Waals surface area contributed by atoms with Crippen molar-refractivity contribution in [1.29, 1.82) is 0 Å². The highest BCUT2D eigenvalue weighted by molar-refractivity contribution is 9.10. The average molecular weight is 638 g/mol. The fourth-order valence-electron chi connectivity index (χ4n) is 6.72. The molecule has 9 heteroatoms. The van der Waals surface area contributed by atoms with Gasteiger partial charge in [-0.3, -0.25) is 19.7 Å². The number of rotatable bonds is 7. The first-order valence-corrected chi connectivity index (χ1v) is 15.1. The maximum absolute atomic E-state index is 13.9. The molecule has 0 spiro atoms. The summed E-state index contributed by atoms with van der Waals surface area (Å²) in [4.78, 5) is 40.8. The third-order valence-electron chi connectivity index (χ3n) is 8.43. The molecular weight excluding hydrogens is 600 g/mol. The van der Waals surface area contributed by atoms with Gasteiger partial charge < -0.3 is 14.4 Å². The van der Waals surface area contributed by atoms with Crippen LogP contribution in [-0.4, -0.2) is 35.0 Å². The Morgan fingerprint density at radius 1 is 0.976 bits per heavy atom. The number of nitro benzene ring substituents is 1. The number of ketones is 2. The Bertz CT molecular complexity index is 1500. The van der Waals surface area contributed by atoms with E-state index in [-0.39, 0.29) is 34.7 Å². The van der Waals surface area contributed by atoms with Gasteiger partial charge >= 0.3 is 0 Å². The zero-order valence-electron chi connectivity index (χ0n) is 25.0. The summed E-state index contributed by atoms with van der Waals surface area (Å²) in [6, 6.07) is 10.1. The number of nitro groups is 1. The molecule has 0 fully saturated rings. The maximum atomic E-state index is 13.9. The van der Waals surface area contributed by atoms with Crippen LogP contribution in [0, 0.1) is 20.9 Å².